The Morgan fingerprint density at radius 1 is 1.07 bits per heavy atom. The molecule has 3 rings (SSSR count). The smallest absolute Gasteiger partial charge is 0.251 e. The summed E-state index contributed by atoms with van der Waals surface area (Å²) >= 11 is 5.95. The van der Waals surface area contributed by atoms with Crippen LogP contribution in [-0.2, 0) is 17.9 Å². The van der Waals surface area contributed by atoms with Gasteiger partial charge in [-0.25, -0.2) is 0 Å². The van der Waals surface area contributed by atoms with Crippen LogP contribution in [0.15, 0.2) is 48.5 Å². The maximum Gasteiger partial charge on any atom is 0.251 e. The Morgan fingerprint density at radius 2 is 1.68 bits per heavy atom. The molecule has 4 nitrogen and oxygen atoms in total. The monoisotopic (exact) mass is 400 g/mol. The van der Waals surface area contributed by atoms with Crippen LogP contribution in [0.4, 0.5) is 0 Å². The molecule has 28 heavy (non-hydrogen) atoms. The fourth-order valence-electron chi connectivity index (χ4n) is 3.37. The molecule has 0 saturated carbocycles. The van der Waals surface area contributed by atoms with Gasteiger partial charge in [0, 0.05) is 36.3 Å². The van der Waals surface area contributed by atoms with E-state index in [1.807, 2.05) is 50.2 Å². The third-order valence-corrected chi connectivity index (χ3v) is 5.29. The van der Waals surface area contributed by atoms with Gasteiger partial charge >= 0.3 is 0 Å². The average Bonchev–Trinajstić information content (AvgIpc) is 2.70. The first kappa shape index (κ1) is 20.8. The third-order valence-electron chi connectivity index (χ3n) is 5.04. The first-order chi connectivity index (χ1) is 13.5. The largest absolute Gasteiger partial charge is 0.374 e. The van der Waals surface area contributed by atoms with E-state index in [0.29, 0.717) is 12.2 Å². The predicted molar refractivity (Wildman–Crippen MR) is 114 cm³/mol. The van der Waals surface area contributed by atoms with Gasteiger partial charge in [-0.2, -0.15) is 0 Å². The lowest BCUT2D eigenvalue weighted by Gasteiger charge is -2.32. The van der Waals surface area contributed by atoms with E-state index in [1.165, 1.54) is 5.56 Å². The summed E-state index contributed by atoms with van der Waals surface area (Å²) in [6.07, 6.45) is 2.15. The van der Waals surface area contributed by atoms with Gasteiger partial charge in [0.1, 0.15) is 0 Å². The lowest BCUT2D eigenvalue weighted by Crippen LogP contribution is -2.44. The number of carbonyl (C=O) groups excluding carboxylic acids is 1. The molecule has 1 aliphatic heterocycles. The van der Waals surface area contributed by atoms with Crippen LogP contribution in [0.2, 0.25) is 5.02 Å². The van der Waals surface area contributed by atoms with Crippen molar-refractivity contribution in [1.82, 2.24) is 10.2 Å². The van der Waals surface area contributed by atoms with Gasteiger partial charge in [0.05, 0.1) is 12.7 Å². The quantitative estimate of drug-likeness (QED) is 0.734. The molecule has 1 aliphatic rings. The molecule has 0 spiro atoms. The molecule has 150 valence electrons. The minimum atomic E-state index is 0.00693. The third kappa shape index (κ3) is 6.33. The average molecular weight is 401 g/mol. The number of nitrogens with zero attached hydrogens (tertiary/aromatic N) is 1. The fourth-order valence-corrected chi connectivity index (χ4v) is 3.49. The van der Waals surface area contributed by atoms with Gasteiger partial charge in [0.15, 0.2) is 0 Å². The lowest BCUT2D eigenvalue weighted by molar-refractivity contribution is 0.0656. The first-order valence-electron chi connectivity index (χ1n) is 9.98. The zero-order valence-corrected chi connectivity index (χ0v) is 17.4. The molecule has 1 amide bonds. The maximum atomic E-state index is 12.5. The molecular formula is C23H29ClN2O2. The molecule has 2 aromatic rings. The summed E-state index contributed by atoms with van der Waals surface area (Å²) in [4.78, 5) is 15.0. The van der Waals surface area contributed by atoms with Crippen LogP contribution >= 0.6 is 11.6 Å². The minimum Gasteiger partial charge on any atom is -0.374 e. The van der Waals surface area contributed by atoms with Gasteiger partial charge in [-0.15, -0.1) is 0 Å². The van der Waals surface area contributed by atoms with Crippen LogP contribution in [0, 0.1) is 0 Å². The number of hydrogen-bond acceptors (Lipinski definition) is 3. The van der Waals surface area contributed by atoms with Crippen LogP contribution in [0.25, 0.3) is 0 Å². The van der Waals surface area contributed by atoms with Gasteiger partial charge in [-0.3, -0.25) is 9.69 Å². The Hall–Kier alpha value is -1.88. The SMILES string of the molecule is CC(C)OCc1ccc(C(=O)NC2CCN(Cc3ccc(Cl)cc3)CC2)cc1. The van der Waals surface area contributed by atoms with E-state index < -0.39 is 0 Å². The first-order valence-corrected chi connectivity index (χ1v) is 10.4. The van der Waals surface area contributed by atoms with Crippen molar-refractivity contribution in [2.24, 2.45) is 0 Å². The van der Waals surface area contributed by atoms with E-state index >= 15 is 0 Å². The summed E-state index contributed by atoms with van der Waals surface area (Å²) in [6, 6.07) is 15.9. The van der Waals surface area contributed by atoms with Gasteiger partial charge in [-0.05, 0) is 62.1 Å². The molecular weight excluding hydrogens is 372 g/mol. The second kappa shape index (κ2) is 10.1. The second-order valence-electron chi connectivity index (χ2n) is 7.71. The van der Waals surface area contributed by atoms with E-state index in [4.69, 9.17) is 16.3 Å². The highest BCUT2D eigenvalue weighted by atomic mass is 35.5. The molecule has 0 aromatic heterocycles. The van der Waals surface area contributed by atoms with Crippen LogP contribution < -0.4 is 5.32 Å². The maximum absolute atomic E-state index is 12.5. The summed E-state index contributed by atoms with van der Waals surface area (Å²) in [6.45, 7) is 7.51. The van der Waals surface area contributed by atoms with Crippen molar-refractivity contribution in [3.8, 4) is 0 Å². The summed E-state index contributed by atoms with van der Waals surface area (Å²) in [7, 11) is 0. The van der Waals surface area contributed by atoms with E-state index in [9.17, 15) is 4.79 Å². The molecule has 1 fully saturated rings. The highest BCUT2D eigenvalue weighted by Gasteiger charge is 2.21. The van der Waals surface area contributed by atoms with Crippen LogP contribution in [-0.4, -0.2) is 36.0 Å². The minimum absolute atomic E-state index is 0.00693. The van der Waals surface area contributed by atoms with Crippen molar-refractivity contribution in [1.29, 1.82) is 0 Å². The molecule has 0 radical (unpaired) electrons. The van der Waals surface area contributed by atoms with Gasteiger partial charge in [-0.1, -0.05) is 35.9 Å². The van der Waals surface area contributed by atoms with Crippen molar-refractivity contribution in [2.75, 3.05) is 13.1 Å². The van der Waals surface area contributed by atoms with Crippen LogP contribution in [0.1, 0.15) is 48.2 Å². The summed E-state index contributed by atoms with van der Waals surface area (Å²) < 4.78 is 5.60. The Morgan fingerprint density at radius 3 is 2.29 bits per heavy atom. The number of amides is 1. The van der Waals surface area contributed by atoms with Gasteiger partial charge < -0.3 is 10.1 Å². The molecule has 2 aromatic carbocycles. The van der Waals surface area contributed by atoms with Gasteiger partial charge in [0.2, 0.25) is 0 Å². The topological polar surface area (TPSA) is 41.6 Å². The van der Waals surface area contributed by atoms with E-state index in [0.717, 1.165) is 43.1 Å². The van der Waals surface area contributed by atoms with E-state index in [2.05, 4.69) is 22.3 Å². The highest BCUT2D eigenvalue weighted by molar-refractivity contribution is 6.30. The second-order valence-corrected chi connectivity index (χ2v) is 8.14. The van der Waals surface area contributed by atoms with E-state index in [1.54, 1.807) is 0 Å². The van der Waals surface area contributed by atoms with Gasteiger partial charge in [0.25, 0.3) is 5.91 Å². The number of piperidine rings is 1. The number of rotatable bonds is 7. The number of hydrogen-bond donors (Lipinski definition) is 1. The normalized spacial score (nSPS) is 15.7. The number of nitrogens with one attached hydrogen (secondary N) is 1. The number of benzene rings is 2. The number of carbonyl (C=O) groups is 1. The zero-order valence-electron chi connectivity index (χ0n) is 16.7. The highest BCUT2D eigenvalue weighted by Crippen LogP contribution is 2.16. The Labute approximate surface area is 172 Å². The number of likely N-dealkylation sites (tertiary alicyclic amines) is 1. The summed E-state index contributed by atoms with van der Waals surface area (Å²) in [5.41, 5.74) is 3.06. The molecule has 0 aliphatic carbocycles. The van der Waals surface area contributed by atoms with Crippen LogP contribution in [0.3, 0.4) is 0 Å². The Kier molecular flexibility index (Phi) is 7.49. The van der Waals surface area contributed by atoms with Crippen molar-refractivity contribution in [3.05, 3.63) is 70.2 Å². The number of ether oxygens (including phenoxy) is 1. The Balaban J connectivity index is 1.43. The fraction of sp³-hybridized carbons (Fsp3) is 0.435. The molecule has 0 bridgehead atoms. The molecule has 0 atom stereocenters. The summed E-state index contributed by atoms with van der Waals surface area (Å²) in [5.74, 6) is 0.00693. The standard InChI is InChI=1S/C23H29ClN2O2/c1-17(2)28-16-19-3-7-20(8-4-19)23(27)25-22-11-13-26(14-12-22)15-18-5-9-21(24)10-6-18/h3-10,17,22H,11-16H2,1-2H3,(H,25,27). The molecule has 1 heterocycles. The summed E-state index contributed by atoms with van der Waals surface area (Å²) in [5, 5.41) is 3.95. The molecule has 5 heteroatoms. The number of halogens is 1. The zero-order chi connectivity index (χ0) is 19.9. The van der Waals surface area contributed by atoms with Crippen molar-refractivity contribution >= 4 is 17.5 Å². The van der Waals surface area contributed by atoms with Crippen molar-refractivity contribution in [3.63, 3.8) is 0 Å². The van der Waals surface area contributed by atoms with Crippen molar-refractivity contribution < 1.29 is 9.53 Å². The van der Waals surface area contributed by atoms with Crippen molar-refractivity contribution in [2.45, 2.75) is 52.0 Å². The molecule has 1 saturated heterocycles. The van der Waals surface area contributed by atoms with Crippen LogP contribution in [0.5, 0.6) is 0 Å². The van der Waals surface area contributed by atoms with E-state index in [-0.39, 0.29) is 18.1 Å². The Bertz CT molecular complexity index is 751. The molecule has 1 N–H and O–H groups in total. The molecule has 0 unspecified atom stereocenters. The lowest BCUT2D eigenvalue weighted by atomic mass is 10.0. The predicted octanol–water partition coefficient (Wildman–Crippen LogP) is 4.66.